The van der Waals surface area contributed by atoms with E-state index in [1.807, 2.05) is 55.6 Å². The highest BCUT2D eigenvalue weighted by Gasteiger charge is 2.11. The number of hydrogen-bond donors (Lipinski definition) is 1. The molecule has 0 radical (unpaired) electrons. The summed E-state index contributed by atoms with van der Waals surface area (Å²) in [5.41, 5.74) is 2.56. The monoisotopic (exact) mass is 335 g/mol. The number of benzene rings is 2. The summed E-state index contributed by atoms with van der Waals surface area (Å²) < 4.78 is 7.28. The number of nitrogens with one attached hydrogen (secondary N) is 1. The van der Waals surface area contributed by atoms with Crippen molar-refractivity contribution in [1.29, 1.82) is 0 Å². The third-order valence-corrected chi connectivity index (χ3v) is 3.98. The minimum absolute atomic E-state index is 0.142. The topological polar surface area (TPSA) is 56.1 Å². The van der Waals surface area contributed by atoms with Crippen LogP contribution >= 0.6 is 0 Å². The maximum atomic E-state index is 12.3. The van der Waals surface area contributed by atoms with Crippen LogP contribution in [-0.4, -0.2) is 29.1 Å². The molecule has 0 aliphatic carbocycles. The van der Waals surface area contributed by atoms with Gasteiger partial charge in [-0.3, -0.25) is 4.79 Å². The third kappa shape index (κ3) is 3.88. The van der Waals surface area contributed by atoms with Gasteiger partial charge < -0.3 is 14.6 Å². The summed E-state index contributed by atoms with van der Waals surface area (Å²) in [5, 5.41) is 2.92. The van der Waals surface area contributed by atoms with Crippen LogP contribution in [0.5, 0.6) is 5.75 Å². The normalized spacial score (nSPS) is 10.5. The molecule has 3 aromatic rings. The van der Waals surface area contributed by atoms with Crippen LogP contribution in [0.2, 0.25) is 0 Å². The zero-order valence-electron chi connectivity index (χ0n) is 14.4. The van der Waals surface area contributed by atoms with E-state index in [-0.39, 0.29) is 5.91 Å². The highest BCUT2D eigenvalue weighted by Crippen LogP contribution is 2.17. The number of nitrogens with zero attached hydrogens (tertiary/aromatic N) is 2. The van der Waals surface area contributed by atoms with Gasteiger partial charge in [-0.1, -0.05) is 30.3 Å². The second kappa shape index (κ2) is 7.66. The zero-order valence-corrected chi connectivity index (χ0v) is 14.4. The van der Waals surface area contributed by atoms with Crippen LogP contribution in [0.3, 0.4) is 0 Å². The molecule has 0 fully saturated rings. The van der Waals surface area contributed by atoms with Crippen molar-refractivity contribution < 1.29 is 9.53 Å². The predicted molar refractivity (Wildman–Crippen MR) is 97.3 cm³/mol. The second-order valence-corrected chi connectivity index (χ2v) is 5.69. The minimum atomic E-state index is -0.142. The fourth-order valence-corrected chi connectivity index (χ4v) is 2.73. The lowest BCUT2D eigenvalue weighted by molar-refractivity contribution is 0.0951. The Balaban J connectivity index is 1.62. The molecular formula is C20H21N3O2. The van der Waals surface area contributed by atoms with Crippen LogP contribution in [0.1, 0.15) is 21.9 Å². The van der Waals surface area contributed by atoms with Gasteiger partial charge in [-0.15, -0.1) is 0 Å². The lowest BCUT2D eigenvalue weighted by Gasteiger charge is -2.08. The average Bonchev–Trinajstić information content (AvgIpc) is 3.03. The molecule has 25 heavy (non-hydrogen) atoms. The number of methoxy groups -OCH3 is 1. The highest BCUT2D eigenvalue weighted by atomic mass is 16.5. The maximum absolute atomic E-state index is 12.3. The molecule has 1 heterocycles. The number of amides is 1. The van der Waals surface area contributed by atoms with Crippen LogP contribution in [0.4, 0.5) is 0 Å². The average molecular weight is 335 g/mol. The molecule has 1 N–H and O–H groups in total. The van der Waals surface area contributed by atoms with Crippen molar-refractivity contribution in [3.05, 3.63) is 77.9 Å². The molecule has 0 saturated heterocycles. The molecule has 5 nitrogen and oxygen atoms in total. The van der Waals surface area contributed by atoms with Gasteiger partial charge in [-0.2, -0.15) is 0 Å². The van der Waals surface area contributed by atoms with E-state index in [9.17, 15) is 4.79 Å². The van der Waals surface area contributed by atoms with E-state index in [4.69, 9.17) is 4.74 Å². The van der Waals surface area contributed by atoms with Gasteiger partial charge in [0.2, 0.25) is 0 Å². The van der Waals surface area contributed by atoms with Gasteiger partial charge in [-0.05, 0) is 31.2 Å². The first-order chi connectivity index (χ1) is 12.2. The van der Waals surface area contributed by atoms with E-state index in [1.165, 1.54) is 0 Å². The highest BCUT2D eigenvalue weighted by molar-refractivity contribution is 5.96. The molecule has 0 spiro atoms. The van der Waals surface area contributed by atoms with Gasteiger partial charge in [0.25, 0.3) is 5.91 Å². The zero-order chi connectivity index (χ0) is 17.6. The molecule has 3 rings (SSSR count). The predicted octanol–water partition coefficient (Wildman–Crippen LogP) is 3.16. The standard InChI is InChI=1S/C20H21N3O2/c1-15-22-16(14-23(15)17-8-4-3-5-9-17)12-13-21-20(24)18-10-6-7-11-19(18)25-2/h3-11,14H,12-13H2,1-2H3,(H,21,24). The molecule has 0 bridgehead atoms. The number of aromatic nitrogens is 2. The van der Waals surface area contributed by atoms with Gasteiger partial charge >= 0.3 is 0 Å². The van der Waals surface area contributed by atoms with Crippen molar-refractivity contribution in [3.8, 4) is 11.4 Å². The van der Waals surface area contributed by atoms with Crippen LogP contribution in [0.15, 0.2) is 60.8 Å². The van der Waals surface area contributed by atoms with E-state index in [2.05, 4.69) is 14.9 Å². The fourth-order valence-electron chi connectivity index (χ4n) is 2.73. The molecule has 0 atom stereocenters. The first-order valence-corrected chi connectivity index (χ1v) is 8.20. The molecule has 0 aliphatic rings. The number of aryl methyl sites for hydroxylation is 1. The van der Waals surface area contributed by atoms with Gasteiger partial charge in [-0.25, -0.2) is 4.98 Å². The molecule has 0 unspecified atom stereocenters. The number of para-hydroxylation sites is 2. The molecular weight excluding hydrogens is 314 g/mol. The largest absolute Gasteiger partial charge is 0.496 e. The first kappa shape index (κ1) is 16.8. The Morgan fingerprint density at radius 2 is 1.84 bits per heavy atom. The Hall–Kier alpha value is -3.08. The number of rotatable bonds is 6. The quantitative estimate of drug-likeness (QED) is 0.753. The van der Waals surface area contributed by atoms with Crippen LogP contribution in [0.25, 0.3) is 5.69 Å². The molecule has 128 valence electrons. The van der Waals surface area contributed by atoms with Crippen molar-refractivity contribution in [2.75, 3.05) is 13.7 Å². The lowest BCUT2D eigenvalue weighted by atomic mass is 10.2. The molecule has 0 saturated carbocycles. The number of carbonyl (C=O) groups is 1. The first-order valence-electron chi connectivity index (χ1n) is 8.20. The van der Waals surface area contributed by atoms with Gasteiger partial charge in [0.15, 0.2) is 0 Å². The molecule has 1 aromatic heterocycles. The Kier molecular flexibility index (Phi) is 5.14. The summed E-state index contributed by atoms with van der Waals surface area (Å²) in [6, 6.07) is 17.3. The van der Waals surface area contributed by atoms with Crippen molar-refractivity contribution in [3.63, 3.8) is 0 Å². The fraction of sp³-hybridized carbons (Fsp3) is 0.200. The van der Waals surface area contributed by atoms with E-state index in [0.717, 1.165) is 17.2 Å². The Morgan fingerprint density at radius 1 is 1.12 bits per heavy atom. The summed E-state index contributed by atoms with van der Waals surface area (Å²) in [7, 11) is 1.56. The summed E-state index contributed by atoms with van der Waals surface area (Å²) in [4.78, 5) is 16.9. The molecule has 5 heteroatoms. The van der Waals surface area contributed by atoms with Gasteiger partial charge in [0.05, 0.1) is 18.4 Å². The van der Waals surface area contributed by atoms with E-state index < -0.39 is 0 Å². The van der Waals surface area contributed by atoms with Crippen LogP contribution in [0, 0.1) is 6.92 Å². The number of carbonyl (C=O) groups excluding carboxylic acids is 1. The van der Waals surface area contributed by atoms with Crippen molar-refractivity contribution >= 4 is 5.91 Å². The SMILES string of the molecule is COc1ccccc1C(=O)NCCc1cn(-c2ccccc2)c(C)n1. The van der Waals surface area contributed by atoms with Crippen molar-refractivity contribution in [2.45, 2.75) is 13.3 Å². The summed E-state index contributed by atoms with van der Waals surface area (Å²) >= 11 is 0. The summed E-state index contributed by atoms with van der Waals surface area (Å²) in [6.45, 7) is 2.49. The van der Waals surface area contributed by atoms with Gasteiger partial charge in [0.1, 0.15) is 11.6 Å². The van der Waals surface area contributed by atoms with Crippen molar-refractivity contribution in [2.24, 2.45) is 0 Å². The van der Waals surface area contributed by atoms with Crippen LogP contribution in [-0.2, 0) is 6.42 Å². The Morgan fingerprint density at radius 3 is 2.60 bits per heavy atom. The summed E-state index contributed by atoms with van der Waals surface area (Å²) in [5.74, 6) is 1.36. The number of imidazole rings is 1. The maximum Gasteiger partial charge on any atom is 0.255 e. The molecule has 2 aromatic carbocycles. The minimum Gasteiger partial charge on any atom is -0.496 e. The second-order valence-electron chi connectivity index (χ2n) is 5.69. The summed E-state index contributed by atoms with van der Waals surface area (Å²) in [6.07, 6.45) is 2.68. The molecule has 1 amide bonds. The van der Waals surface area contributed by atoms with E-state index in [1.54, 1.807) is 19.2 Å². The smallest absolute Gasteiger partial charge is 0.255 e. The van der Waals surface area contributed by atoms with E-state index in [0.29, 0.717) is 24.3 Å². The Bertz CT molecular complexity index is 856. The number of ether oxygens (including phenoxy) is 1. The van der Waals surface area contributed by atoms with Crippen LogP contribution < -0.4 is 10.1 Å². The lowest BCUT2D eigenvalue weighted by Crippen LogP contribution is -2.26. The Labute approximate surface area is 147 Å². The van der Waals surface area contributed by atoms with E-state index >= 15 is 0 Å². The third-order valence-electron chi connectivity index (χ3n) is 3.98. The molecule has 0 aliphatic heterocycles. The number of hydrogen-bond acceptors (Lipinski definition) is 3. The van der Waals surface area contributed by atoms with Crippen molar-refractivity contribution in [1.82, 2.24) is 14.9 Å². The van der Waals surface area contributed by atoms with Gasteiger partial charge in [0, 0.05) is 24.8 Å².